The Morgan fingerprint density at radius 1 is 1.41 bits per heavy atom. The van der Waals surface area contributed by atoms with Crippen LogP contribution in [-0.2, 0) is 0 Å². The Balaban J connectivity index is 0.00000121. The maximum Gasteiger partial charge on any atom is 0.0425 e. The minimum Gasteiger partial charge on any atom is -0.399 e. The van der Waals surface area contributed by atoms with Crippen molar-refractivity contribution in [3.63, 3.8) is 0 Å². The third-order valence-electron chi connectivity index (χ3n) is 2.11. The second-order valence-corrected chi connectivity index (χ2v) is 3.26. The Hall–Kier alpha value is -1.97. The molecule has 5 N–H and O–H groups in total. The summed E-state index contributed by atoms with van der Waals surface area (Å²) >= 11 is 0. The molecule has 0 unspecified atom stereocenters. The van der Waals surface area contributed by atoms with E-state index in [0.29, 0.717) is 11.4 Å². The zero-order valence-electron chi connectivity index (χ0n) is 11.0. The molecule has 1 rings (SSSR count). The number of aliphatic imine (C=N–C) groups is 1. The molecule has 0 atom stereocenters. The van der Waals surface area contributed by atoms with E-state index in [0.717, 1.165) is 16.8 Å². The van der Waals surface area contributed by atoms with E-state index in [1.807, 2.05) is 27.0 Å². The lowest BCUT2D eigenvalue weighted by Gasteiger charge is -2.04. The fraction of sp³-hybridized carbons (Fsp3) is 0.308. The topological polar surface area (TPSA) is 80.2 Å². The zero-order chi connectivity index (χ0) is 13.4. The van der Waals surface area contributed by atoms with Crippen LogP contribution in [0.2, 0.25) is 0 Å². The summed E-state index contributed by atoms with van der Waals surface area (Å²) < 4.78 is 0. The lowest BCUT2D eigenvalue weighted by Crippen LogP contribution is -2.02. The van der Waals surface area contributed by atoms with E-state index in [2.05, 4.69) is 16.6 Å². The highest BCUT2D eigenvalue weighted by Crippen LogP contribution is 2.22. The van der Waals surface area contributed by atoms with Crippen LogP contribution in [-0.4, -0.2) is 18.2 Å². The van der Waals surface area contributed by atoms with Gasteiger partial charge in [-0.25, -0.2) is 0 Å². The fourth-order valence-electron chi connectivity index (χ4n) is 1.41. The van der Waals surface area contributed by atoms with Crippen molar-refractivity contribution in [3.05, 3.63) is 35.7 Å². The van der Waals surface area contributed by atoms with Crippen LogP contribution in [0, 0.1) is 6.92 Å². The number of nitrogens with zero attached hydrogens (tertiary/aromatic N) is 1. The second kappa shape index (κ2) is 7.33. The summed E-state index contributed by atoms with van der Waals surface area (Å²) in [4.78, 5) is 6.91. The Kier molecular flexibility index (Phi) is 6.48. The van der Waals surface area contributed by atoms with Crippen LogP contribution in [0.1, 0.15) is 30.7 Å². The molecule has 0 fully saturated rings. The zero-order valence-corrected chi connectivity index (χ0v) is 11.0. The third kappa shape index (κ3) is 3.83. The first-order valence-corrected chi connectivity index (χ1v) is 5.59. The number of rotatable bonds is 3. The average molecular weight is 234 g/mol. The standard InChI is InChI=1S/C11H16N4.C2H6/c1-7(12)11-8(2)15-6-9(11)10(13)4-5-14-3;1-2/h4-6,15H,1,12-13H2,2-3H3;1-2H3/b10-4-,14-5?;. The summed E-state index contributed by atoms with van der Waals surface area (Å²) in [5.74, 6) is 0. The van der Waals surface area contributed by atoms with Crippen molar-refractivity contribution in [3.8, 4) is 0 Å². The molecule has 0 bridgehead atoms. The number of aromatic amines is 1. The quantitative estimate of drug-likeness (QED) is 0.701. The molecule has 0 aliphatic heterocycles. The van der Waals surface area contributed by atoms with Gasteiger partial charge in [0, 0.05) is 47.7 Å². The molecule has 0 amide bonds. The third-order valence-corrected chi connectivity index (χ3v) is 2.11. The summed E-state index contributed by atoms with van der Waals surface area (Å²) in [6.45, 7) is 9.65. The largest absolute Gasteiger partial charge is 0.399 e. The van der Waals surface area contributed by atoms with Crippen molar-refractivity contribution in [2.75, 3.05) is 7.05 Å². The lowest BCUT2D eigenvalue weighted by molar-refractivity contribution is 1.25. The van der Waals surface area contributed by atoms with Gasteiger partial charge in [0.2, 0.25) is 0 Å². The van der Waals surface area contributed by atoms with Gasteiger partial charge in [0.25, 0.3) is 0 Å². The van der Waals surface area contributed by atoms with Gasteiger partial charge in [-0.3, -0.25) is 4.99 Å². The molecule has 0 saturated carbocycles. The van der Waals surface area contributed by atoms with E-state index in [1.54, 1.807) is 19.3 Å². The molecule has 1 aromatic heterocycles. The van der Waals surface area contributed by atoms with Crippen LogP contribution in [0.5, 0.6) is 0 Å². The highest BCUT2D eigenvalue weighted by atomic mass is 14.7. The van der Waals surface area contributed by atoms with Crippen LogP contribution in [0.25, 0.3) is 11.4 Å². The minimum absolute atomic E-state index is 0.508. The predicted molar refractivity (Wildman–Crippen MR) is 76.7 cm³/mol. The molecule has 1 aromatic rings. The lowest BCUT2D eigenvalue weighted by atomic mass is 10.1. The van der Waals surface area contributed by atoms with Crippen molar-refractivity contribution in [2.24, 2.45) is 16.5 Å². The van der Waals surface area contributed by atoms with Gasteiger partial charge in [0.1, 0.15) is 0 Å². The molecule has 0 saturated heterocycles. The normalized spacial score (nSPS) is 11.2. The van der Waals surface area contributed by atoms with E-state index >= 15 is 0 Å². The van der Waals surface area contributed by atoms with Gasteiger partial charge in [0.15, 0.2) is 0 Å². The summed E-state index contributed by atoms with van der Waals surface area (Å²) in [7, 11) is 1.69. The van der Waals surface area contributed by atoms with Crippen molar-refractivity contribution < 1.29 is 0 Å². The number of hydrogen-bond acceptors (Lipinski definition) is 3. The van der Waals surface area contributed by atoms with Crippen LogP contribution in [0.15, 0.2) is 23.8 Å². The maximum atomic E-state index is 5.89. The molecule has 4 nitrogen and oxygen atoms in total. The van der Waals surface area contributed by atoms with Gasteiger partial charge in [-0.2, -0.15) is 0 Å². The van der Waals surface area contributed by atoms with Crippen LogP contribution in [0.4, 0.5) is 0 Å². The Morgan fingerprint density at radius 3 is 2.47 bits per heavy atom. The molecule has 0 aliphatic carbocycles. The number of aryl methyl sites for hydroxylation is 1. The van der Waals surface area contributed by atoms with E-state index in [9.17, 15) is 0 Å². The molecule has 94 valence electrons. The van der Waals surface area contributed by atoms with E-state index in [-0.39, 0.29) is 0 Å². The van der Waals surface area contributed by atoms with Gasteiger partial charge in [-0.05, 0) is 13.0 Å². The molecule has 0 radical (unpaired) electrons. The van der Waals surface area contributed by atoms with Crippen molar-refractivity contribution in [1.29, 1.82) is 0 Å². The minimum atomic E-state index is 0.508. The number of allylic oxidation sites excluding steroid dienone is 1. The van der Waals surface area contributed by atoms with Gasteiger partial charge >= 0.3 is 0 Å². The van der Waals surface area contributed by atoms with Crippen molar-refractivity contribution in [2.45, 2.75) is 20.8 Å². The van der Waals surface area contributed by atoms with Crippen LogP contribution in [0.3, 0.4) is 0 Å². The Bertz CT molecular complexity index is 425. The maximum absolute atomic E-state index is 5.89. The van der Waals surface area contributed by atoms with Gasteiger partial charge in [-0.1, -0.05) is 20.4 Å². The first-order valence-electron chi connectivity index (χ1n) is 5.59. The molecule has 0 aliphatic rings. The van der Waals surface area contributed by atoms with Gasteiger partial charge in [0.05, 0.1) is 0 Å². The number of H-pyrrole nitrogens is 1. The molecule has 0 spiro atoms. The molecule has 4 heteroatoms. The summed E-state index contributed by atoms with van der Waals surface area (Å²) in [6.07, 6.45) is 5.19. The van der Waals surface area contributed by atoms with Gasteiger partial charge < -0.3 is 16.5 Å². The SMILES string of the molecule is C=C(N)c1c(/C(N)=C/C=NC)c[nH]c1C.CC. The molecular formula is C13H22N4. The van der Waals surface area contributed by atoms with Crippen molar-refractivity contribution in [1.82, 2.24) is 4.98 Å². The molecule has 17 heavy (non-hydrogen) atoms. The summed E-state index contributed by atoms with van der Waals surface area (Å²) in [5.41, 5.74) is 15.4. The average Bonchev–Trinajstić information content (AvgIpc) is 2.70. The number of hydrogen-bond donors (Lipinski definition) is 3. The monoisotopic (exact) mass is 234 g/mol. The Labute approximate surface area is 103 Å². The first-order chi connectivity index (χ1) is 8.07. The van der Waals surface area contributed by atoms with E-state index in [1.165, 1.54) is 0 Å². The molecule has 1 heterocycles. The highest BCUT2D eigenvalue weighted by Gasteiger charge is 2.10. The van der Waals surface area contributed by atoms with Crippen LogP contribution < -0.4 is 11.5 Å². The second-order valence-electron chi connectivity index (χ2n) is 3.26. The Morgan fingerprint density at radius 2 is 2.00 bits per heavy atom. The summed E-state index contributed by atoms with van der Waals surface area (Å²) in [6, 6.07) is 0. The van der Waals surface area contributed by atoms with E-state index in [4.69, 9.17) is 11.5 Å². The van der Waals surface area contributed by atoms with Crippen molar-refractivity contribution >= 4 is 17.6 Å². The number of nitrogens with two attached hydrogens (primary N) is 2. The van der Waals surface area contributed by atoms with Gasteiger partial charge in [-0.15, -0.1) is 0 Å². The summed E-state index contributed by atoms with van der Waals surface area (Å²) in [5, 5.41) is 0. The predicted octanol–water partition coefficient (Wildman–Crippen LogP) is 2.28. The van der Waals surface area contributed by atoms with E-state index < -0.39 is 0 Å². The first kappa shape index (κ1) is 15.0. The van der Waals surface area contributed by atoms with Crippen LogP contribution >= 0.6 is 0 Å². The smallest absolute Gasteiger partial charge is 0.0425 e. The number of nitrogens with one attached hydrogen (secondary N) is 1. The highest BCUT2D eigenvalue weighted by molar-refractivity contribution is 5.87. The molecular weight excluding hydrogens is 212 g/mol. The fourth-order valence-corrected chi connectivity index (χ4v) is 1.41. The number of aromatic nitrogens is 1. The molecule has 0 aromatic carbocycles.